The average Bonchev–Trinajstić information content (AvgIpc) is 3.53. The minimum Gasteiger partial charge on any atom is -0.483 e. The van der Waals surface area contributed by atoms with Gasteiger partial charge in [0.05, 0.1) is 11.1 Å². The second kappa shape index (κ2) is 20.2. The lowest BCUT2D eigenvalue weighted by atomic mass is 10.0. The van der Waals surface area contributed by atoms with Crippen LogP contribution in [0.1, 0.15) is 64.8 Å². The summed E-state index contributed by atoms with van der Waals surface area (Å²) in [6.07, 6.45) is 3.13. The lowest BCUT2D eigenvalue weighted by Crippen LogP contribution is -2.54. The molecule has 63 heavy (non-hydrogen) atoms. The van der Waals surface area contributed by atoms with Gasteiger partial charge in [0, 0.05) is 92.2 Å². The Morgan fingerprint density at radius 3 is 2.30 bits per heavy atom. The summed E-state index contributed by atoms with van der Waals surface area (Å²) in [5.74, 6) is -2.14. The third-order valence-corrected chi connectivity index (χ3v) is 11.1. The molecule has 4 aromatic rings. The molecule has 19 heteroatoms. The molecule has 18 nitrogen and oxygen atoms in total. The Labute approximate surface area is 368 Å². The van der Waals surface area contributed by atoms with Gasteiger partial charge in [-0.15, -0.1) is 12.6 Å². The number of hydrogen-bond donors (Lipinski definition) is 6. The van der Waals surface area contributed by atoms with Crippen LogP contribution < -0.4 is 36.2 Å². The molecular formula is C44H48N10O8S. The SMILES string of the molecule is Cc1cnc(Nc2ccc(N3CCN(C(=O)CCC(=O)NCCCCNC(=O)COc4cccc5c4C(=O)N(C4CCC(=O)NC4=O)C5=O)CC3)cc2)nc1Nc1cccc(S)c1. The van der Waals surface area contributed by atoms with Crippen LogP contribution in [0.15, 0.2) is 77.8 Å². The molecule has 328 valence electrons. The number of carbonyl (C=O) groups excluding carboxylic acids is 7. The smallest absolute Gasteiger partial charge is 0.266 e. The molecule has 1 atom stereocenters. The van der Waals surface area contributed by atoms with Gasteiger partial charge in [0.25, 0.3) is 17.7 Å². The van der Waals surface area contributed by atoms with Crippen molar-refractivity contribution in [1.29, 1.82) is 0 Å². The van der Waals surface area contributed by atoms with E-state index in [0.29, 0.717) is 63.9 Å². The summed E-state index contributed by atoms with van der Waals surface area (Å²) in [5.41, 5.74) is 3.67. The molecule has 3 aliphatic heterocycles. The summed E-state index contributed by atoms with van der Waals surface area (Å²) in [6, 6.07) is 19.0. The molecule has 0 radical (unpaired) electrons. The van der Waals surface area contributed by atoms with Crippen LogP contribution in [0.25, 0.3) is 0 Å². The molecule has 0 saturated carbocycles. The van der Waals surface area contributed by atoms with E-state index < -0.39 is 42.2 Å². The molecule has 3 aromatic carbocycles. The summed E-state index contributed by atoms with van der Waals surface area (Å²) < 4.78 is 5.61. The number of piperidine rings is 1. The number of anilines is 5. The van der Waals surface area contributed by atoms with Gasteiger partial charge in [-0.3, -0.25) is 43.8 Å². The number of amides is 7. The number of thiol groups is 1. The van der Waals surface area contributed by atoms with E-state index in [4.69, 9.17) is 4.74 Å². The Kier molecular flexibility index (Phi) is 14.1. The molecule has 1 aromatic heterocycles. The second-order valence-corrected chi connectivity index (χ2v) is 15.8. The van der Waals surface area contributed by atoms with E-state index in [2.05, 4.69) is 54.1 Å². The van der Waals surface area contributed by atoms with E-state index in [1.807, 2.05) is 55.5 Å². The second-order valence-electron chi connectivity index (χ2n) is 15.3. The van der Waals surface area contributed by atoms with Gasteiger partial charge < -0.3 is 35.8 Å². The normalized spacial score (nSPS) is 16.0. The Hall–Kier alpha value is -7.02. The summed E-state index contributed by atoms with van der Waals surface area (Å²) in [7, 11) is 0. The molecule has 3 aliphatic rings. The van der Waals surface area contributed by atoms with Gasteiger partial charge in [-0.1, -0.05) is 12.1 Å². The Bertz CT molecular complexity index is 2410. The van der Waals surface area contributed by atoms with Crippen molar-refractivity contribution in [2.75, 3.05) is 61.4 Å². The lowest BCUT2D eigenvalue weighted by Gasteiger charge is -2.36. The van der Waals surface area contributed by atoms with Crippen LogP contribution in [-0.4, -0.2) is 113 Å². The monoisotopic (exact) mass is 876 g/mol. The number of carbonyl (C=O) groups is 7. The molecule has 1 unspecified atom stereocenters. The number of ether oxygens (including phenoxy) is 1. The molecule has 7 rings (SSSR count). The number of aryl methyl sites for hydroxylation is 1. The van der Waals surface area contributed by atoms with Crippen LogP contribution in [0.4, 0.5) is 28.8 Å². The van der Waals surface area contributed by atoms with Crippen molar-refractivity contribution in [3.8, 4) is 5.75 Å². The fourth-order valence-electron chi connectivity index (χ4n) is 7.42. The molecule has 7 amide bonds. The fraction of sp³-hybridized carbons (Fsp3) is 0.341. The number of imide groups is 2. The molecule has 5 N–H and O–H groups in total. The van der Waals surface area contributed by atoms with Crippen LogP contribution in [0.2, 0.25) is 0 Å². The zero-order chi connectivity index (χ0) is 44.5. The van der Waals surface area contributed by atoms with Gasteiger partial charge in [0.15, 0.2) is 6.61 Å². The van der Waals surface area contributed by atoms with Crippen molar-refractivity contribution in [2.45, 2.75) is 56.4 Å². The third-order valence-electron chi connectivity index (χ3n) is 10.8. The minimum absolute atomic E-state index is 0.000479. The number of unbranched alkanes of at least 4 members (excludes halogenated alkanes) is 1. The summed E-state index contributed by atoms with van der Waals surface area (Å²) in [6.45, 7) is 4.64. The van der Waals surface area contributed by atoms with Crippen LogP contribution in [0, 0.1) is 6.92 Å². The van der Waals surface area contributed by atoms with Crippen LogP contribution in [0.5, 0.6) is 5.75 Å². The highest BCUT2D eigenvalue weighted by Gasteiger charge is 2.46. The molecule has 2 fully saturated rings. The van der Waals surface area contributed by atoms with Gasteiger partial charge in [-0.25, -0.2) is 4.98 Å². The summed E-state index contributed by atoms with van der Waals surface area (Å²) >= 11 is 4.41. The number of benzene rings is 3. The highest BCUT2D eigenvalue weighted by atomic mass is 32.1. The number of hydrogen-bond acceptors (Lipinski definition) is 14. The highest BCUT2D eigenvalue weighted by molar-refractivity contribution is 7.80. The number of aromatic nitrogens is 2. The average molecular weight is 877 g/mol. The van der Waals surface area contributed by atoms with Crippen LogP contribution >= 0.6 is 12.6 Å². The fourth-order valence-corrected chi connectivity index (χ4v) is 7.64. The minimum atomic E-state index is -1.11. The maximum atomic E-state index is 13.2. The molecular weight excluding hydrogens is 829 g/mol. The van der Waals surface area contributed by atoms with E-state index in [1.54, 1.807) is 11.1 Å². The zero-order valence-electron chi connectivity index (χ0n) is 34.6. The maximum Gasteiger partial charge on any atom is 0.266 e. The summed E-state index contributed by atoms with van der Waals surface area (Å²) in [4.78, 5) is 103. The number of nitrogens with one attached hydrogen (secondary N) is 5. The van der Waals surface area contributed by atoms with E-state index in [9.17, 15) is 33.6 Å². The highest BCUT2D eigenvalue weighted by Crippen LogP contribution is 2.34. The van der Waals surface area contributed by atoms with Crippen molar-refractivity contribution in [2.24, 2.45) is 0 Å². The Balaban J connectivity index is 0.750. The van der Waals surface area contributed by atoms with Crippen molar-refractivity contribution < 1.29 is 38.3 Å². The molecule has 0 spiro atoms. The first-order valence-corrected chi connectivity index (χ1v) is 21.2. The van der Waals surface area contributed by atoms with E-state index in [0.717, 1.165) is 32.4 Å². The van der Waals surface area contributed by atoms with Crippen LogP contribution in [-0.2, 0) is 24.0 Å². The predicted molar refractivity (Wildman–Crippen MR) is 235 cm³/mol. The lowest BCUT2D eigenvalue weighted by molar-refractivity contribution is -0.136. The van der Waals surface area contributed by atoms with Crippen molar-refractivity contribution >= 4 is 82.8 Å². The largest absolute Gasteiger partial charge is 0.483 e. The van der Waals surface area contributed by atoms with Gasteiger partial charge in [0.1, 0.15) is 17.6 Å². The Morgan fingerprint density at radius 2 is 1.57 bits per heavy atom. The van der Waals surface area contributed by atoms with E-state index >= 15 is 0 Å². The standard InChI is InChI=1S/C44H48N10O8S/c1-27-25-47-44(51-40(27)48-29-6-4-7-31(63)24-29)49-28-10-12-30(13-11-28)52-20-22-53(23-21-52)38(58)17-16-35(55)45-18-2-3-19-46-37(57)26-62-34-9-5-8-32-39(34)43(61)54(42(32)60)33-14-15-36(56)50-41(33)59/h4-13,24-25,33,63H,2-3,14-23,26H2,1H3,(H,45,55)(H,46,57)(H,50,56,59)(H2,47,48,49,51). The maximum absolute atomic E-state index is 13.2. The van der Waals surface area contributed by atoms with Gasteiger partial charge >= 0.3 is 0 Å². The molecule has 2 saturated heterocycles. The number of nitrogens with zero attached hydrogens (tertiary/aromatic N) is 5. The molecule has 4 heterocycles. The van der Waals surface area contributed by atoms with Gasteiger partial charge in [0.2, 0.25) is 29.6 Å². The first-order chi connectivity index (χ1) is 30.4. The van der Waals surface area contributed by atoms with E-state index in [1.165, 1.54) is 18.2 Å². The topological polar surface area (TPSA) is 224 Å². The number of piperazine rings is 1. The molecule has 0 bridgehead atoms. The quantitative estimate of drug-likeness (QED) is 0.0509. The van der Waals surface area contributed by atoms with Crippen molar-refractivity contribution in [1.82, 2.24) is 35.7 Å². The van der Waals surface area contributed by atoms with Gasteiger partial charge in [-0.2, -0.15) is 4.98 Å². The third kappa shape index (κ3) is 11.1. The first-order valence-electron chi connectivity index (χ1n) is 20.7. The number of rotatable bonds is 17. The van der Waals surface area contributed by atoms with Crippen molar-refractivity contribution in [3.05, 3.63) is 89.6 Å². The Morgan fingerprint density at radius 1 is 0.841 bits per heavy atom. The van der Waals surface area contributed by atoms with Crippen LogP contribution in [0.3, 0.4) is 0 Å². The predicted octanol–water partition coefficient (Wildman–Crippen LogP) is 3.48. The molecule has 0 aliphatic carbocycles. The zero-order valence-corrected chi connectivity index (χ0v) is 35.5. The van der Waals surface area contributed by atoms with E-state index in [-0.39, 0.29) is 54.4 Å². The number of fused-ring (bicyclic) bond motifs is 1. The first kappa shape index (κ1) is 44.0. The van der Waals surface area contributed by atoms with Gasteiger partial charge in [-0.05, 0) is 80.8 Å². The summed E-state index contributed by atoms with van der Waals surface area (Å²) in [5, 5.41) is 14.3. The van der Waals surface area contributed by atoms with Crippen molar-refractivity contribution in [3.63, 3.8) is 0 Å².